The molecule has 1 heterocycles. The number of piperidine rings is 1. The van der Waals surface area contributed by atoms with Gasteiger partial charge in [0.2, 0.25) is 0 Å². The zero-order valence-electron chi connectivity index (χ0n) is 16.4. The Kier molecular flexibility index (Phi) is 7.79. The molecule has 0 spiro atoms. The van der Waals surface area contributed by atoms with E-state index in [1.54, 1.807) is 18.9 Å². The minimum atomic E-state index is -0.500. The summed E-state index contributed by atoms with van der Waals surface area (Å²) < 4.78 is 5.10. The number of anilines is 1. The van der Waals surface area contributed by atoms with Crippen LogP contribution in [0.4, 0.5) is 5.69 Å². The summed E-state index contributed by atoms with van der Waals surface area (Å²) in [6.07, 6.45) is 2.43. The van der Waals surface area contributed by atoms with Crippen LogP contribution in [0.25, 0.3) is 0 Å². The lowest BCUT2D eigenvalue weighted by Crippen LogP contribution is -3.11. The van der Waals surface area contributed by atoms with E-state index in [1.165, 1.54) is 0 Å². The van der Waals surface area contributed by atoms with E-state index in [-0.39, 0.29) is 30.9 Å². The van der Waals surface area contributed by atoms with Crippen LogP contribution in [0, 0.1) is 6.92 Å². The van der Waals surface area contributed by atoms with E-state index in [0.29, 0.717) is 19.6 Å². The Hall–Kier alpha value is -2.41. The predicted molar refractivity (Wildman–Crippen MR) is 102 cm³/mol. The number of likely N-dealkylation sites (N-methyl/N-ethyl adjacent to an activating group) is 1. The zero-order valence-corrected chi connectivity index (χ0v) is 16.4. The Labute approximate surface area is 160 Å². The molecule has 1 aliphatic heterocycles. The van der Waals surface area contributed by atoms with Gasteiger partial charge in [-0.3, -0.25) is 9.59 Å². The van der Waals surface area contributed by atoms with Crippen molar-refractivity contribution in [2.45, 2.75) is 39.2 Å². The van der Waals surface area contributed by atoms with Gasteiger partial charge in [0.1, 0.15) is 6.04 Å². The van der Waals surface area contributed by atoms with Gasteiger partial charge in [0.05, 0.1) is 13.7 Å². The SMILES string of the molecule is CCOC(=O)[C@H]1CCCCN1C(=O)C[NH+](C)CC(=O)Nc1ccc(C)cc1. The molecule has 7 heteroatoms. The van der Waals surface area contributed by atoms with Crippen LogP contribution >= 0.6 is 0 Å². The van der Waals surface area contributed by atoms with E-state index >= 15 is 0 Å². The molecule has 1 unspecified atom stereocenters. The Balaban J connectivity index is 1.86. The van der Waals surface area contributed by atoms with Gasteiger partial charge >= 0.3 is 5.97 Å². The third kappa shape index (κ3) is 6.36. The first kappa shape index (κ1) is 20.9. The highest BCUT2D eigenvalue weighted by Gasteiger charge is 2.34. The van der Waals surface area contributed by atoms with Gasteiger partial charge in [-0.2, -0.15) is 0 Å². The van der Waals surface area contributed by atoms with E-state index < -0.39 is 6.04 Å². The molecule has 1 aromatic rings. The van der Waals surface area contributed by atoms with Crippen LogP contribution in [-0.4, -0.2) is 62.0 Å². The quantitative estimate of drug-likeness (QED) is 0.675. The highest BCUT2D eigenvalue weighted by Crippen LogP contribution is 2.18. The number of likely N-dealkylation sites (tertiary alicyclic amines) is 1. The van der Waals surface area contributed by atoms with Crippen molar-refractivity contribution in [3.05, 3.63) is 29.8 Å². The Bertz CT molecular complexity index is 660. The molecule has 2 rings (SSSR count). The fraction of sp³-hybridized carbons (Fsp3) is 0.550. The van der Waals surface area contributed by atoms with Gasteiger partial charge in [0, 0.05) is 12.2 Å². The smallest absolute Gasteiger partial charge is 0.328 e. The molecule has 1 aromatic carbocycles. The number of hydrogen-bond acceptors (Lipinski definition) is 4. The van der Waals surface area contributed by atoms with Crippen molar-refractivity contribution >= 4 is 23.5 Å². The van der Waals surface area contributed by atoms with Crippen LogP contribution in [0.2, 0.25) is 0 Å². The number of amides is 2. The molecule has 1 fully saturated rings. The summed E-state index contributed by atoms with van der Waals surface area (Å²) in [6, 6.07) is 7.07. The maximum atomic E-state index is 12.7. The summed E-state index contributed by atoms with van der Waals surface area (Å²) in [5, 5.41) is 2.84. The topological polar surface area (TPSA) is 80.2 Å². The van der Waals surface area contributed by atoms with Crippen LogP contribution in [0.3, 0.4) is 0 Å². The number of aryl methyl sites for hydroxylation is 1. The third-order valence-electron chi connectivity index (χ3n) is 4.63. The minimum Gasteiger partial charge on any atom is -0.464 e. The Morgan fingerprint density at radius 1 is 1.19 bits per heavy atom. The third-order valence-corrected chi connectivity index (χ3v) is 4.63. The van der Waals surface area contributed by atoms with Crippen molar-refractivity contribution in [3.8, 4) is 0 Å². The van der Waals surface area contributed by atoms with E-state index in [0.717, 1.165) is 29.0 Å². The molecule has 1 saturated heterocycles. The summed E-state index contributed by atoms with van der Waals surface area (Å²) in [5.74, 6) is -0.599. The standard InChI is InChI=1S/C20H29N3O4/c1-4-27-20(26)17-7-5-6-12-23(17)19(25)14-22(3)13-18(24)21-16-10-8-15(2)9-11-16/h8-11,17H,4-7,12-14H2,1-3H3,(H,21,24)/p+1/t17-/m1/s1. The van der Waals surface area contributed by atoms with Gasteiger partial charge in [0.15, 0.2) is 13.1 Å². The fourth-order valence-corrected chi connectivity index (χ4v) is 3.25. The summed E-state index contributed by atoms with van der Waals surface area (Å²) in [7, 11) is 1.80. The molecule has 0 saturated carbocycles. The molecule has 2 N–H and O–H groups in total. The van der Waals surface area contributed by atoms with Crippen LogP contribution < -0.4 is 10.2 Å². The second kappa shape index (κ2) is 10.1. The van der Waals surface area contributed by atoms with Crippen LogP contribution in [0.1, 0.15) is 31.7 Å². The number of quaternary nitrogens is 1. The van der Waals surface area contributed by atoms with Gasteiger partial charge < -0.3 is 19.9 Å². The highest BCUT2D eigenvalue weighted by molar-refractivity contribution is 5.91. The number of ether oxygens (including phenoxy) is 1. The molecule has 27 heavy (non-hydrogen) atoms. The monoisotopic (exact) mass is 376 g/mol. The minimum absolute atomic E-state index is 0.117. The average molecular weight is 376 g/mol. The summed E-state index contributed by atoms with van der Waals surface area (Å²) >= 11 is 0. The fourth-order valence-electron chi connectivity index (χ4n) is 3.25. The largest absolute Gasteiger partial charge is 0.464 e. The number of benzene rings is 1. The maximum absolute atomic E-state index is 12.7. The van der Waals surface area contributed by atoms with Crippen molar-refractivity contribution in [1.29, 1.82) is 0 Å². The Morgan fingerprint density at radius 3 is 2.56 bits per heavy atom. The lowest BCUT2D eigenvalue weighted by molar-refractivity contribution is -0.862. The van der Waals surface area contributed by atoms with Crippen molar-refractivity contribution < 1.29 is 24.0 Å². The molecule has 0 radical (unpaired) electrons. The molecular weight excluding hydrogens is 346 g/mol. The van der Waals surface area contributed by atoms with E-state index in [2.05, 4.69) is 5.32 Å². The summed E-state index contributed by atoms with van der Waals surface area (Å²) in [4.78, 5) is 39.4. The number of carbonyl (C=O) groups is 3. The number of nitrogens with zero attached hydrogens (tertiary/aromatic N) is 1. The first-order valence-electron chi connectivity index (χ1n) is 9.54. The number of nitrogens with one attached hydrogen (secondary N) is 2. The van der Waals surface area contributed by atoms with Gasteiger partial charge in [-0.05, 0) is 45.2 Å². The van der Waals surface area contributed by atoms with E-state index in [1.807, 2.05) is 31.2 Å². The molecule has 0 aliphatic carbocycles. The second-order valence-corrected chi connectivity index (χ2v) is 7.08. The van der Waals surface area contributed by atoms with Crippen LogP contribution in [-0.2, 0) is 19.1 Å². The first-order chi connectivity index (χ1) is 12.9. The number of esters is 1. The summed E-state index contributed by atoms with van der Waals surface area (Å²) in [5.41, 5.74) is 1.86. The lowest BCUT2D eigenvalue weighted by atomic mass is 10.0. The predicted octanol–water partition coefficient (Wildman–Crippen LogP) is 0.392. The van der Waals surface area contributed by atoms with Gasteiger partial charge in [0.25, 0.3) is 11.8 Å². The molecule has 2 atom stereocenters. The number of carbonyl (C=O) groups excluding carboxylic acids is 3. The van der Waals surface area contributed by atoms with Crippen molar-refractivity contribution in [1.82, 2.24) is 4.90 Å². The van der Waals surface area contributed by atoms with Crippen molar-refractivity contribution in [2.75, 3.05) is 38.6 Å². The average Bonchev–Trinajstić information content (AvgIpc) is 2.63. The number of rotatable bonds is 7. The van der Waals surface area contributed by atoms with E-state index in [9.17, 15) is 14.4 Å². The summed E-state index contributed by atoms with van der Waals surface area (Å²) in [6.45, 7) is 4.96. The molecule has 148 valence electrons. The second-order valence-electron chi connectivity index (χ2n) is 7.08. The highest BCUT2D eigenvalue weighted by atomic mass is 16.5. The van der Waals surface area contributed by atoms with Gasteiger partial charge in [-0.1, -0.05) is 17.7 Å². The molecule has 7 nitrogen and oxygen atoms in total. The lowest BCUT2D eigenvalue weighted by Gasteiger charge is -2.34. The van der Waals surface area contributed by atoms with Crippen molar-refractivity contribution in [3.63, 3.8) is 0 Å². The number of hydrogen-bond donors (Lipinski definition) is 2. The molecular formula is C20H30N3O4+. The molecule has 0 bridgehead atoms. The van der Waals surface area contributed by atoms with Crippen molar-refractivity contribution in [2.24, 2.45) is 0 Å². The first-order valence-corrected chi connectivity index (χ1v) is 9.54. The zero-order chi connectivity index (χ0) is 19.8. The molecule has 1 aliphatic rings. The molecule has 0 aromatic heterocycles. The van der Waals surface area contributed by atoms with E-state index in [4.69, 9.17) is 4.74 Å². The van der Waals surface area contributed by atoms with Crippen LogP contribution in [0.15, 0.2) is 24.3 Å². The van der Waals surface area contributed by atoms with Crippen LogP contribution in [0.5, 0.6) is 0 Å². The maximum Gasteiger partial charge on any atom is 0.328 e. The Morgan fingerprint density at radius 2 is 1.89 bits per heavy atom. The normalized spacial score (nSPS) is 17.9. The van der Waals surface area contributed by atoms with Gasteiger partial charge in [-0.15, -0.1) is 0 Å². The van der Waals surface area contributed by atoms with Gasteiger partial charge in [-0.25, -0.2) is 4.79 Å². The molecule has 2 amide bonds.